The molecule has 2 rings (SSSR count). The Morgan fingerprint density at radius 2 is 2.32 bits per heavy atom. The molecule has 2 N–H and O–H groups in total. The summed E-state index contributed by atoms with van der Waals surface area (Å²) in [5.41, 5.74) is 0.601. The highest BCUT2D eigenvalue weighted by molar-refractivity contribution is 6.30. The zero-order valence-electron chi connectivity index (χ0n) is 10.2. The van der Waals surface area contributed by atoms with Crippen LogP contribution < -0.4 is 5.32 Å². The molecule has 19 heavy (non-hydrogen) atoms. The third-order valence-electron chi connectivity index (χ3n) is 2.60. The molecule has 0 bridgehead atoms. The molecule has 0 fully saturated rings. The van der Waals surface area contributed by atoms with Crippen molar-refractivity contribution in [3.8, 4) is 0 Å². The Bertz CT molecular complexity index is 562. The second kappa shape index (κ2) is 6.10. The van der Waals surface area contributed by atoms with E-state index >= 15 is 0 Å². The largest absolute Gasteiger partial charge is 0.394 e. The van der Waals surface area contributed by atoms with Crippen LogP contribution in [0.4, 0.5) is 4.39 Å². The summed E-state index contributed by atoms with van der Waals surface area (Å²) in [6, 6.07) is 3.97. The zero-order valence-corrected chi connectivity index (χ0v) is 11.0. The standard InChI is InChI=1S/C12H13ClFN3O2/c1-7-16-12(17-19-7)5-15-11(6-18)8-2-3-9(13)10(14)4-8/h2-4,11,15,18H,5-6H2,1H3/t11-/m0/s1. The van der Waals surface area contributed by atoms with E-state index in [2.05, 4.69) is 15.5 Å². The summed E-state index contributed by atoms with van der Waals surface area (Å²) in [5, 5.41) is 16.1. The van der Waals surface area contributed by atoms with E-state index < -0.39 is 11.9 Å². The van der Waals surface area contributed by atoms with Crippen LogP contribution in [0, 0.1) is 12.7 Å². The Hall–Kier alpha value is -1.50. The molecule has 1 aromatic heterocycles. The maximum absolute atomic E-state index is 13.4. The van der Waals surface area contributed by atoms with E-state index in [1.54, 1.807) is 13.0 Å². The fourth-order valence-corrected chi connectivity index (χ4v) is 1.76. The van der Waals surface area contributed by atoms with Crippen molar-refractivity contribution in [1.82, 2.24) is 15.5 Å². The monoisotopic (exact) mass is 285 g/mol. The van der Waals surface area contributed by atoms with Gasteiger partial charge in [0, 0.05) is 6.92 Å². The number of aromatic nitrogens is 2. The summed E-state index contributed by atoms with van der Waals surface area (Å²) in [4.78, 5) is 4.03. The van der Waals surface area contributed by atoms with Gasteiger partial charge in [0.25, 0.3) is 0 Å². The van der Waals surface area contributed by atoms with Crippen LogP contribution in [0.2, 0.25) is 5.02 Å². The molecule has 0 saturated heterocycles. The van der Waals surface area contributed by atoms with Gasteiger partial charge in [-0.05, 0) is 17.7 Å². The zero-order chi connectivity index (χ0) is 13.8. The minimum absolute atomic E-state index is 0.0502. The summed E-state index contributed by atoms with van der Waals surface area (Å²) in [7, 11) is 0. The Balaban J connectivity index is 2.05. The molecule has 0 radical (unpaired) electrons. The van der Waals surface area contributed by atoms with Crippen LogP contribution in [-0.2, 0) is 6.54 Å². The van der Waals surface area contributed by atoms with Crippen molar-refractivity contribution in [2.45, 2.75) is 19.5 Å². The fourth-order valence-electron chi connectivity index (χ4n) is 1.64. The lowest BCUT2D eigenvalue weighted by Gasteiger charge is -2.15. The second-order valence-electron chi connectivity index (χ2n) is 4.02. The second-order valence-corrected chi connectivity index (χ2v) is 4.43. The van der Waals surface area contributed by atoms with Gasteiger partial charge in [-0.1, -0.05) is 22.8 Å². The topological polar surface area (TPSA) is 71.2 Å². The van der Waals surface area contributed by atoms with Crippen molar-refractivity contribution in [2.75, 3.05) is 6.61 Å². The number of rotatable bonds is 5. The van der Waals surface area contributed by atoms with E-state index in [0.717, 1.165) is 0 Å². The predicted octanol–water partition coefficient (Wildman–Crippen LogP) is 1.99. The van der Waals surface area contributed by atoms with E-state index in [-0.39, 0.29) is 11.6 Å². The van der Waals surface area contributed by atoms with Crippen LogP contribution in [0.3, 0.4) is 0 Å². The molecule has 0 aliphatic heterocycles. The van der Waals surface area contributed by atoms with Crippen LogP contribution >= 0.6 is 11.6 Å². The SMILES string of the molecule is Cc1nc(CN[C@@H](CO)c2ccc(Cl)c(F)c2)no1. The molecule has 0 aliphatic carbocycles. The van der Waals surface area contributed by atoms with Gasteiger partial charge in [0.1, 0.15) is 5.82 Å². The predicted molar refractivity (Wildman–Crippen MR) is 67.1 cm³/mol. The van der Waals surface area contributed by atoms with Crippen molar-refractivity contribution < 1.29 is 14.0 Å². The molecule has 1 aromatic carbocycles. The van der Waals surface area contributed by atoms with Crippen LogP contribution in [0.1, 0.15) is 23.3 Å². The molecule has 1 heterocycles. The number of nitrogens with one attached hydrogen (secondary N) is 1. The highest BCUT2D eigenvalue weighted by Gasteiger charge is 2.13. The van der Waals surface area contributed by atoms with Gasteiger partial charge >= 0.3 is 0 Å². The van der Waals surface area contributed by atoms with Gasteiger partial charge in [-0.2, -0.15) is 4.98 Å². The van der Waals surface area contributed by atoms with E-state index in [1.807, 2.05) is 0 Å². The van der Waals surface area contributed by atoms with Crippen molar-refractivity contribution in [3.05, 3.63) is 46.3 Å². The molecule has 0 amide bonds. The number of hydrogen-bond acceptors (Lipinski definition) is 5. The van der Waals surface area contributed by atoms with Gasteiger partial charge in [-0.15, -0.1) is 0 Å². The third kappa shape index (κ3) is 3.50. The lowest BCUT2D eigenvalue weighted by Crippen LogP contribution is -2.24. The number of nitrogens with zero attached hydrogens (tertiary/aromatic N) is 2. The van der Waals surface area contributed by atoms with Gasteiger partial charge in [0.15, 0.2) is 5.82 Å². The number of halogens is 2. The summed E-state index contributed by atoms with van der Waals surface area (Å²) in [5.74, 6) is 0.426. The Morgan fingerprint density at radius 1 is 1.53 bits per heavy atom. The van der Waals surface area contributed by atoms with Gasteiger partial charge in [-0.25, -0.2) is 4.39 Å². The maximum Gasteiger partial charge on any atom is 0.223 e. The first-order valence-corrected chi connectivity index (χ1v) is 6.06. The average Bonchev–Trinajstić information content (AvgIpc) is 2.80. The van der Waals surface area contributed by atoms with E-state index in [0.29, 0.717) is 23.8 Å². The Kier molecular flexibility index (Phi) is 4.47. The van der Waals surface area contributed by atoms with Crippen LogP contribution in [0.15, 0.2) is 22.7 Å². The molecule has 0 spiro atoms. The van der Waals surface area contributed by atoms with E-state index in [1.165, 1.54) is 12.1 Å². The maximum atomic E-state index is 13.4. The third-order valence-corrected chi connectivity index (χ3v) is 2.91. The molecule has 0 saturated carbocycles. The van der Waals surface area contributed by atoms with Gasteiger partial charge < -0.3 is 14.9 Å². The lowest BCUT2D eigenvalue weighted by molar-refractivity contribution is 0.242. The molecule has 102 valence electrons. The normalized spacial score (nSPS) is 12.6. The van der Waals surface area contributed by atoms with Gasteiger partial charge in [-0.3, -0.25) is 0 Å². The molecule has 0 aliphatic rings. The summed E-state index contributed by atoms with van der Waals surface area (Å²) in [6.45, 7) is 1.82. The van der Waals surface area contributed by atoms with Crippen LogP contribution in [0.25, 0.3) is 0 Å². The Labute approximate surface area is 114 Å². The van der Waals surface area contributed by atoms with E-state index in [4.69, 9.17) is 16.1 Å². The molecule has 1 atom stereocenters. The minimum atomic E-state index is -0.519. The quantitative estimate of drug-likeness (QED) is 0.879. The Morgan fingerprint density at radius 3 is 2.89 bits per heavy atom. The summed E-state index contributed by atoms with van der Waals surface area (Å²) >= 11 is 5.61. The molecular formula is C12H13ClFN3O2. The molecular weight excluding hydrogens is 273 g/mol. The lowest BCUT2D eigenvalue weighted by atomic mass is 10.1. The van der Waals surface area contributed by atoms with E-state index in [9.17, 15) is 9.50 Å². The van der Waals surface area contributed by atoms with Crippen LogP contribution in [0.5, 0.6) is 0 Å². The first-order valence-electron chi connectivity index (χ1n) is 5.68. The summed E-state index contributed by atoms with van der Waals surface area (Å²) in [6.07, 6.45) is 0. The smallest absolute Gasteiger partial charge is 0.223 e. The molecule has 7 heteroatoms. The van der Waals surface area contributed by atoms with Gasteiger partial charge in [0.05, 0.1) is 24.2 Å². The number of hydrogen-bond donors (Lipinski definition) is 2. The van der Waals surface area contributed by atoms with Crippen LogP contribution in [-0.4, -0.2) is 21.9 Å². The average molecular weight is 286 g/mol. The minimum Gasteiger partial charge on any atom is -0.394 e. The molecule has 2 aromatic rings. The molecule has 0 unspecified atom stereocenters. The number of benzene rings is 1. The van der Waals surface area contributed by atoms with Crippen molar-refractivity contribution in [1.29, 1.82) is 0 Å². The van der Waals surface area contributed by atoms with Crippen molar-refractivity contribution in [2.24, 2.45) is 0 Å². The van der Waals surface area contributed by atoms with Gasteiger partial charge in [0.2, 0.25) is 5.89 Å². The summed E-state index contributed by atoms with van der Waals surface area (Å²) < 4.78 is 18.2. The fraction of sp³-hybridized carbons (Fsp3) is 0.333. The van der Waals surface area contributed by atoms with Crippen molar-refractivity contribution in [3.63, 3.8) is 0 Å². The van der Waals surface area contributed by atoms with Crippen molar-refractivity contribution >= 4 is 11.6 Å². The highest BCUT2D eigenvalue weighted by atomic mass is 35.5. The number of aryl methyl sites for hydroxylation is 1. The number of aliphatic hydroxyl groups excluding tert-OH is 1. The molecule has 5 nitrogen and oxygen atoms in total. The highest BCUT2D eigenvalue weighted by Crippen LogP contribution is 2.20. The first-order chi connectivity index (χ1) is 9.10. The number of aliphatic hydroxyl groups is 1. The first kappa shape index (κ1) is 13.9.